The third-order valence-corrected chi connectivity index (χ3v) is 2.18. The second kappa shape index (κ2) is 3.74. The van der Waals surface area contributed by atoms with Gasteiger partial charge in [0.05, 0.1) is 12.0 Å². The van der Waals surface area contributed by atoms with Gasteiger partial charge in [0.2, 0.25) is 0 Å². The van der Waals surface area contributed by atoms with Crippen molar-refractivity contribution in [2.75, 3.05) is 11.9 Å². The number of benzene rings is 1. The van der Waals surface area contributed by atoms with E-state index in [9.17, 15) is 0 Å². The molecule has 2 rings (SSSR count). The molecular weight excluding hydrogens is 174 g/mol. The molecule has 0 aliphatic carbocycles. The zero-order valence-corrected chi connectivity index (χ0v) is 8.58. The lowest BCUT2D eigenvalue weighted by Gasteiger charge is -2.08. The van der Waals surface area contributed by atoms with Crippen molar-refractivity contribution < 1.29 is 4.42 Å². The van der Waals surface area contributed by atoms with Crippen LogP contribution < -0.4 is 5.32 Å². The number of anilines is 1. The molecule has 14 heavy (non-hydrogen) atoms. The van der Waals surface area contributed by atoms with Crippen LogP contribution in [-0.2, 0) is 0 Å². The first kappa shape index (κ1) is 9.13. The van der Waals surface area contributed by atoms with Crippen LogP contribution in [0.3, 0.4) is 0 Å². The van der Waals surface area contributed by atoms with Crippen molar-refractivity contribution in [1.82, 2.24) is 0 Å². The standard InChI is InChI=1S/C12H15NO/c1-9(2)8-13-11-5-3-4-10-6-7-14-12(10)11/h3-7,9,13H,8H2,1-2H3. The van der Waals surface area contributed by atoms with E-state index in [2.05, 4.69) is 25.2 Å². The summed E-state index contributed by atoms with van der Waals surface area (Å²) in [6.45, 7) is 5.35. The van der Waals surface area contributed by atoms with Gasteiger partial charge in [0.15, 0.2) is 5.58 Å². The van der Waals surface area contributed by atoms with Crippen molar-refractivity contribution in [1.29, 1.82) is 0 Å². The predicted molar refractivity (Wildman–Crippen MR) is 59.5 cm³/mol. The quantitative estimate of drug-likeness (QED) is 0.799. The molecule has 0 unspecified atom stereocenters. The Labute approximate surface area is 83.9 Å². The van der Waals surface area contributed by atoms with E-state index in [0.29, 0.717) is 5.92 Å². The van der Waals surface area contributed by atoms with E-state index in [1.165, 1.54) is 0 Å². The Balaban J connectivity index is 2.27. The van der Waals surface area contributed by atoms with Crippen molar-refractivity contribution in [3.05, 3.63) is 30.5 Å². The Morgan fingerprint density at radius 1 is 1.29 bits per heavy atom. The first-order chi connectivity index (χ1) is 6.77. The van der Waals surface area contributed by atoms with Gasteiger partial charge in [-0.05, 0) is 18.1 Å². The molecule has 0 saturated heterocycles. The first-order valence-corrected chi connectivity index (χ1v) is 4.97. The lowest BCUT2D eigenvalue weighted by Crippen LogP contribution is -2.07. The van der Waals surface area contributed by atoms with Crippen LogP contribution in [0.5, 0.6) is 0 Å². The predicted octanol–water partition coefficient (Wildman–Crippen LogP) is 3.50. The maximum absolute atomic E-state index is 5.42. The summed E-state index contributed by atoms with van der Waals surface area (Å²) in [4.78, 5) is 0. The van der Waals surface area contributed by atoms with Gasteiger partial charge in [-0.25, -0.2) is 0 Å². The van der Waals surface area contributed by atoms with Crippen molar-refractivity contribution >= 4 is 16.7 Å². The van der Waals surface area contributed by atoms with Crippen LogP contribution in [0.2, 0.25) is 0 Å². The molecule has 1 aromatic carbocycles. The summed E-state index contributed by atoms with van der Waals surface area (Å²) < 4.78 is 5.42. The van der Waals surface area contributed by atoms with Crippen molar-refractivity contribution in [2.45, 2.75) is 13.8 Å². The van der Waals surface area contributed by atoms with Gasteiger partial charge in [-0.3, -0.25) is 0 Å². The summed E-state index contributed by atoms with van der Waals surface area (Å²) in [5.74, 6) is 0.639. The van der Waals surface area contributed by atoms with E-state index in [0.717, 1.165) is 23.2 Å². The highest BCUT2D eigenvalue weighted by Crippen LogP contribution is 2.24. The number of hydrogen-bond donors (Lipinski definition) is 1. The highest BCUT2D eigenvalue weighted by molar-refractivity contribution is 5.88. The number of fused-ring (bicyclic) bond motifs is 1. The number of hydrogen-bond acceptors (Lipinski definition) is 2. The molecular formula is C12H15NO. The molecule has 74 valence electrons. The molecule has 1 aromatic heterocycles. The van der Waals surface area contributed by atoms with Gasteiger partial charge < -0.3 is 9.73 Å². The van der Waals surface area contributed by atoms with E-state index < -0.39 is 0 Å². The molecule has 0 aliphatic rings. The molecule has 0 fully saturated rings. The van der Waals surface area contributed by atoms with Crippen molar-refractivity contribution in [3.63, 3.8) is 0 Å². The Bertz CT molecular complexity index is 417. The monoisotopic (exact) mass is 189 g/mol. The van der Waals surface area contributed by atoms with Crippen molar-refractivity contribution in [3.8, 4) is 0 Å². The normalized spacial score (nSPS) is 11.1. The minimum atomic E-state index is 0.639. The van der Waals surface area contributed by atoms with Gasteiger partial charge in [0, 0.05) is 11.9 Å². The van der Waals surface area contributed by atoms with Crippen LogP contribution >= 0.6 is 0 Å². The average Bonchev–Trinajstić information content (AvgIpc) is 2.62. The highest BCUT2D eigenvalue weighted by atomic mass is 16.3. The van der Waals surface area contributed by atoms with E-state index in [-0.39, 0.29) is 0 Å². The lowest BCUT2D eigenvalue weighted by molar-refractivity contribution is 0.615. The zero-order chi connectivity index (χ0) is 9.97. The molecule has 2 aromatic rings. The van der Waals surface area contributed by atoms with Gasteiger partial charge in [0.25, 0.3) is 0 Å². The van der Waals surface area contributed by atoms with Crippen LogP contribution in [0.15, 0.2) is 34.9 Å². The molecule has 0 aliphatic heterocycles. The molecule has 2 heteroatoms. The minimum absolute atomic E-state index is 0.639. The summed E-state index contributed by atoms with van der Waals surface area (Å²) in [5.41, 5.74) is 2.04. The van der Waals surface area contributed by atoms with Crippen molar-refractivity contribution in [2.24, 2.45) is 5.92 Å². The lowest BCUT2D eigenvalue weighted by atomic mass is 10.2. The fraction of sp³-hybridized carbons (Fsp3) is 0.333. The van der Waals surface area contributed by atoms with Crippen LogP contribution in [-0.4, -0.2) is 6.54 Å². The molecule has 0 radical (unpaired) electrons. The number of para-hydroxylation sites is 1. The molecule has 0 atom stereocenters. The van der Waals surface area contributed by atoms with Crippen LogP contribution in [0.25, 0.3) is 11.0 Å². The topological polar surface area (TPSA) is 25.2 Å². The summed E-state index contributed by atoms with van der Waals surface area (Å²) in [6, 6.07) is 8.13. The zero-order valence-electron chi connectivity index (χ0n) is 8.58. The van der Waals surface area contributed by atoms with Crippen LogP contribution in [0.1, 0.15) is 13.8 Å². The van der Waals surface area contributed by atoms with Gasteiger partial charge in [-0.2, -0.15) is 0 Å². The molecule has 2 nitrogen and oxygen atoms in total. The minimum Gasteiger partial charge on any atom is -0.462 e. The Hall–Kier alpha value is -1.44. The Morgan fingerprint density at radius 2 is 2.14 bits per heavy atom. The molecule has 0 amide bonds. The third kappa shape index (κ3) is 1.74. The maximum Gasteiger partial charge on any atom is 0.156 e. The number of rotatable bonds is 3. The third-order valence-electron chi connectivity index (χ3n) is 2.18. The highest BCUT2D eigenvalue weighted by Gasteiger charge is 2.03. The van der Waals surface area contributed by atoms with E-state index in [1.807, 2.05) is 18.2 Å². The Kier molecular flexibility index (Phi) is 2.44. The van der Waals surface area contributed by atoms with Gasteiger partial charge >= 0.3 is 0 Å². The Morgan fingerprint density at radius 3 is 2.93 bits per heavy atom. The average molecular weight is 189 g/mol. The summed E-state index contributed by atoms with van der Waals surface area (Å²) in [6.07, 6.45) is 1.73. The van der Waals surface area contributed by atoms with E-state index >= 15 is 0 Å². The number of nitrogens with one attached hydrogen (secondary N) is 1. The van der Waals surface area contributed by atoms with Gasteiger partial charge in [-0.1, -0.05) is 26.0 Å². The molecule has 1 N–H and O–H groups in total. The fourth-order valence-electron chi connectivity index (χ4n) is 1.45. The smallest absolute Gasteiger partial charge is 0.156 e. The summed E-state index contributed by atoms with van der Waals surface area (Å²) in [5, 5.41) is 4.53. The van der Waals surface area contributed by atoms with E-state index in [1.54, 1.807) is 6.26 Å². The second-order valence-corrected chi connectivity index (χ2v) is 3.92. The molecule has 0 bridgehead atoms. The molecule has 0 saturated carbocycles. The van der Waals surface area contributed by atoms with E-state index in [4.69, 9.17) is 4.42 Å². The summed E-state index contributed by atoms with van der Waals surface area (Å²) in [7, 11) is 0. The van der Waals surface area contributed by atoms with Crippen LogP contribution in [0.4, 0.5) is 5.69 Å². The largest absolute Gasteiger partial charge is 0.462 e. The molecule has 0 spiro atoms. The SMILES string of the molecule is CC(C)CNc1cccc2ccoc12. The maximum atomic E-state index is 5.42. The second-order valence-electron chi connectivity index (χ2n) is 3.92. The van der Waals surface area contributed by atoms with Gasteiger partial charge in [-0.15, -0.1) is 0 Å². The van der Waals surface area contributed by atoms with Crippen LogP contribution in [0, 0.1) is 5.92 Å². The first-order valence-electron chi connectivity index (χ1n) is 4.97. The van der Waals surface area contributed by atoms with Gasteiger partial charge in [0.1, 0.15) is 0 Å². The fourth-order valence-corrected chi connectivity index (χ4v) is 1.45. The molecule has 1 heterocycles. The summed E-state index contributed by atoms with van der Waals surface area (Å²) >= 11 is 0. The number of furan rings is 1.